The Kier molecular flexibility index (Phi) is 10.9. The van der Waals surface area contributed by atoms with Gasteiger partial charge in [-0.15, -0.1) is 24.3 Å². The smallest absolute Gasteiger partial charge is 0.554 e. The van der Waals surface area contributed by atoms with E-state index in [9.17, 15) is 0 Å². The largest absolute Gasteiger partial charge is 3.00 e. The third-order valence-corrected chi connectivity index (χ3v) is 9.22. The minimum atomic E-state index is 0. The van der Waals surface area contributed by atoms with E-state index in [2.05, 4.69) is 47.5 Å². The SMILES string of the molecule is COc1c[c-]c(-n2nc3ccccc3n2)c2ccccc12.COc1c[c-]c(-n2nc3ccccc3n2)c2ccccc12.[Ir+3].c1ccc(-c2nc3ccccc3[n-]2)nc1. The molecule has 0 aliphatic heterocycles. The summed E-state index contributed by atoms with van der Waals surface area (Å²) in [5.41, 5.74) is 7.75. The Morgan fingerprint density at radius 1 is 0.483 bits per heavy atom. The van der Waals surface area contributed by atoms with E-state index in [1.54, 1.807) is 30.0 Å². The molecule has 11 aromatic rings. The molecule has 4 heterocycles. The average molecular weight is 935 g/mol. The number of benzene rings is 7. The first-order valence-electron chi connectivity index (χ1n) is 18.1. The molecule has 282 valence electrons. The van der Waals surface area contributed by atoms with Crippen LogP contribution >= 0.6 is 0 Å². The predicted molar refractivity (Wildman–Crippen MR) is 222 cm³/mol. The van der Waals surface area contributed by atoms with E-state index in [1.807, 2.05) is 152 Å². The third kappa shape index (κ3) is 7.49. The number of aromatic nitrogens is 9. The molecule has 11 rings (SSSR count). The van der Waals surface area contributed by atoms with Crippen LogP contribution in [0.5, 0.6) is 11.5 Å². The molecular weight excluding hydrogens is 903 g/mol. The molecule has 4 aromatic heterocycles. The van der Waals surface area contributed by atoms with Gasteiger partial charge in [0.2, 0.25) is 0 Å². The van der Waals surface area contributed by atoms with E-state index in [4.69, 9.17) is 9.47 Å². The number of para-hydroxylation sites is 2. The molecule has 0 N–H and O–H groups in total. The van der Waals surface area contributed by atoms with E-state index in [0.717, 1.165) is 83.2 Å². The van der Waals surface area contributed by atoms with E-state index in [-0.39, 0.29) is 20.1 Å². The molecule has 11 nitrogen and oxygen atoms in total. The topological polar surface area (TPSA) is 120 Å². The monoisotopic (exact) mass is 935 g/mol. The van der Waals surface area contributed by atoms with Crippen molar-refractivity contribution in [3.63, 3.8) is 0 Å². The Hall–Kier alpha value is -7.27. The van der Waals surface area contributed by atoms with Crippen molar-refractivity contribution in [1.82, 2.24) is 44.9 Å². The van der Waals surface area contributed by atoms with Crippen molar-refractivity contribution >= 4 is 54.6 Å². The van der Waals surface area contributed by atoms with E-state index in [1.165, 1.54) is 0 Å². The number of pyridine rings is 1. The van der Waals surface area contributed by atoms with Crippen LogP contribution in [-0.2, 0) is 20.1 Å². The Balaban J connectivity index is 0.000000122. The fourth-order valence-electron chi connectivity index (χ4n) is 6.49. The van der Waals surface area contributed by atoms with Crippen LogP contribution < -0.4 is 14.5 Å². The van der Waals surface area contributed by atoms with Gasteiger partial charge < -0.3 is 19.4 Å². The summed E-state index contributed by atoms with van der Waals surface area (Å²) in [6, 6.07) is 55.3. The number of methoxy groups -OCH3 is 2. The molecule has 0 bridgehead atoms. The summed E-state index contributed by atoms with van der Waals surface area (Å²) >= 11 is 0. The number of imidazole rings is 1. The molecule has 7 aromatic carbocycles. The molecule has 0 saturated carbocycles. The van der Waals surface area contributed by atoms with Crippen molar-refractivity contribution in [2.75, 3.05) is 14.2 Å². The fraction of sp³-hybridized carbons (Fsp3) is 0.0435. The van der Waals surface area contributed by atoms with Crippen molar-refractivity contribution in [3.8, 4) is 34.4 Å². The number of ether oxygens (including phenoxy) is 2. The third-order valence-electron chi connectivity index (χ3n) is 9.22. The first-order chi connectivity index (χ1) is 28.2. The van der Waals surface area contributed by atoms with Gasteiger partial charge in [0.1, 0.15) is 22.1 Å². The van der Waals surface area contributed by atoms with E-state index in [0.29, 0.717) is 5.82 Å². The van der Waals surface area contributed by atoms with Gasteiger partial charge in [0.25, 0.3) is 0 Å². The van der Waals surface area contributed by atoms with Gasteiger partial charge in [-0.05, 0) is 64.6 Å². The molecule has 0 aliphatic carbocycles. The van der Waals surface area contributed by atoms with Crippen molar-refractivity contribution in [3.05, 3.63) is 170 Å². The molecular formula is C46H32IrN9O2. The van der Waals surface area contributed by atoms with Crippen molar-refractivity contribution in [1.29, 1.82) is 0 Å². The molecule has 0 amide bonds. The quantitative estimate of drug-likeness (QED) is 0.156. The zero-order valence-corrected chi connectivity index (χ0v) is 33.6. The summed E-state index contributed by atoms with van der Waals surface area (Å²) in [7, 11) is 3.32. The summed E-state index contributed by atoms with van der Waals surface area (Å²) < 4.78 is 10.8. The molecule has 0 atom stereocenters. The Morgan fingerprint density at radius 2 is 0.897 bits per heavy atom. The molecule has 12 heteroatoms. The van der Waals surface area contributed by atoms with Gasteiger partial charge in [0.15, 0.2) is 0 Å². The Bertz CT molecular complexity index is 2890. The fourth-order valence-corrected chi connectivity index (χ4v) is 6.49. The first kappa shape index (κ1) is 37.6. The van der Waals surface area contributed by atoms with Gasteiger partial charge in [0, 0.05) is 17.7 Å². The summed E-state index contributed by atoms with van der Waals surface area (Å²) in [6.07, 6.45) is 1.75. The van der Waals surface area contributed by atoms with E-state index >= 15 is 0 Å². The van der Waals surface area contributed by atoms with Crippen LogP contribution in [0.15, 0.2) is 158 Å². The number of hydrogen-bond donors (Lipinski definition) is 0. The maximum Gasteiger partial charge on any atom is 3.00 e. The zero-order valence-electron chi connectivity index (χ0n) is 31.2. The van der Waals surface area contributed by atoms with Crippen molar-refractivity contribution in [2.24, 2.45) is 0 Å². The van der Waals surface area contributed by atoms with Gasteiger partial charge in [-0.2, -0.15) is 42.1 Å². The molecule has 0 spiro atoms. The van der Waals surface area contributed by atoms with E-state index < -0.39 is 0 Å². The minimum absolute atomic E-state index is 0. The maximum absolute atomic E-state index is 5.40. The summed E-state index contributed by atoms with van der Waals surface area (Å²) in [5.74, 6) is 2.29. The second-order valence-corrected chi connectivity index (χ2v) is 12.7. The maximum atomic E-state index is 5.40. The molecule has 0 fully saturated rings. The van der Waals surface area contributed by atoms with Crippen molar-refractivity contribution in [2.45, 2.75) is 0 Å². The number of nitrogens with zero attached hydrogens (tertiary/aromatic N) is 9. The zero-order chi connectivity index (χ0) is 38.6. The second kappa shape index (κ2) is 16.8. The van der Waals surface area contributed by atoms with Crippen LogP contribution in [0.2, 0.25) is 0 Å². The van der Waals surface area contributed by atoms with Crippen LogP contribution in [0, 0.1) is 12.1 Å². The second-order valence-electron chi connectivity index (χ2n) is 12.7. The van der Waals surface area contributed by atoms with Gasteiger partial charge in [0.05, 0.1) is 19.9 Å². The Morgan fingerprint density at radius 3 is 1.33 bits per heavy atom. The van der Waals surface area contributed by atoms with Gasteiger partial charge in [-0.1, -0.05) is 113 Å². The van der Waals surface area contributed by atoms with Gasteiger partial charge in [-0.3, -0.25) is 4.98 Å². The standard InChI is InChI=1S/2C17H12N3O.C12H8N3.Ir/c2*1-21-17-11-10-16(12-6-2-3-7-13(12)17)20-18-14-8-4-5-9-15(14)19-20;1-2-6-10-9(5-1)14-12(15-10)11-7-3-4-8-13-11;/h2*2-9,11H,1H3;1-8H;/q3*-1;+3. The summed E-state index contributed by atoms with van der Waals surface area (Å²) in [5, 5.41) is 22.2. The van der Waals surface area contributed by atoms with Crippen LogP contribution in [0.25, 0.3) is 77.5 Å². The number of rotatable bonds is 5. The average Bonchev–Trinajstić information content (AvgIpc) is 4.04. The summed E-state index contributed by atoms with van der Waals surface area (Å²) in [4.78, 5) is 16.3. The van der Waals surface area contributed by atoms with Crippen LogP contribution in [0.4, 0.5) is 0 Å². The molecule has 58 heavy (non-hydrogen) atoms. The van der Waals surface area contributed by atoms with Crippen LogP contribution in [0.3, 0.4) is 0 Å². The molecule has 0 radical (unpaired) electrons. The van der Waals surface area contributed by atoms with Crippen LogP contribution in [-0.4, -0.2) is 54.2 Å². The van der Waals surface area contributed by atoms with Crippen LogP contribution in [0.1, 0.15) is 0 Å². The summed E-state index contributed by atoms with van der Waals surface area (Å²) in [6.45, 7) is 0. The number of fused-ring (bicyclic) bond motifs is 5. The number of hydrogen-bond acceptors (Lipinski definition) is 8. The van der Waals surface area contributed by atoms with Gasteiger partial charge in [-0.25, -0.2) is 0 Å². The normalized spacial score (nSPS) is 10.8. The molecule has 0 unspecified atom stereocenters. The predicted octanol–water partition coefficient (Wildman–Crippen LogP) is 9.02. The minimum Gasteiger partial charge on any atom is -0.554 e. The van der Waals surface area contributed by atoms with Crippen molar-refractivity contribution < 1.29 is 29.6 Å². The Labute approximate surface area is 346 Å². The molecule has 0 aliphatic rings. The van der Waals surface area contributed by atoms with Gasteiger partial charge >= 0.3 is 20.1 Å². The molecule has 0 saturated heterocycles. The first-order valence-corrected chi connectivity index (χ1v) is 18.1.